The molecule has 4 atom stereocenters. The molecule has 4 aliphatic heterocycles. The van der Waals surface area contributed by atoms with Gasteiger partial charge >= 0.3 is 12.1 Å². The maximum atomic E-state index is 13.7. The zero-order valence-corrected chi connectivity index (χ0v) is 22.4. The van der Waals surface area contributed by atoms with E-state index in [9.17, 15) is 24.0 Å². The number of hydrogen-bond donors (Lipinski definition) is 0. The molecule has 0 bridgehead atoms. The van der Waals surface area contributed by atoms with Crippen LogP contribution in [0, 0.1) is 0 Å². The maximum Gasteiger partial charge on any atom is 0.410 e. The Morgan fingerprint density at radius 1 is 0.595 bits per heavy atom. The lowest BCUT2D eigenvalue weighted by Crippen LogP contribution is -2.57. The quantitative estimate of drug-likeness (QED) is 0.516. The minimum Gasteiger partial charge on any atom is -0.467 e. The molecule has 11 nitrogen and oxygen atoms in total. The fraction of sp³-hybridized carbons (Fsp3) is 0.808. The van der Waals surface area contributed by atoms with Gasteiger partial charge in [-0.2, -0.15) is 0 Å². The number of esters is 1. The predicted octanol–water partition coefficient (Wildman–Crippen LogP) is 1.53. The van der Waals surface area contributed by atoms with E-state index in [1.807, 2.05) is 0 Å². The minimum atomic E-state index is -0.668. The Balaban J connectivity index is 1.45. The van der Waals surface area contributed by atoms with E-state index in [1.165, 1.54) is 12.0 Å². The highest BCUT2D eigenvalue weighted by molar-refractivity contribution is 5.95. The molecule has 0 N–H and O–H groups in total. The van der Waals surface area contributed by atoms with E-state index in [0.717, 1.165) is 0 Å². The van der Waals surface area contributed by atoms with Gasteiger partial charge in [-0.05, 0) is 72.1 Å². The largest absolute Gasteiger partial charge is 0.467 e. The topological polar surface area (TPSA) is 117 Å². The number of rotatable bonds is 4. The summed E-state index contributed by atoms with van der Waals surface area (Å²) in [7, 11) is 1.31. The lowest BCUT2D eigenvalue weighted by atomic mass is 10.1. The van der Waals surface area contributed by atoms with E-state index in [-0.39, 0.29) is 17.7 Å². The lowest BCUT2D eigenvalue weighted by molar-refractivity contribution is -0.155. The normalized spacial score (nSPS) is 28.1. The number of amides is 4. The monoisotopic (exact) mass is 520 g/mol. The van der Waals surface area contributed by atoms with Crippen LogP contribution in [0.2, 0.25) is 0 Å². The van der Waals surface area contributed by atoms with Crippen molar-refractivity contribution in [2.45, 2.75) is 102 Å². The molecule has 0 aliphatic carbocycles. The molecular formula is C26H40N4O7. The van der Waals surface area contributed by atoms with Gasteiger partial charge in [0.1, 0.15) is 29.8 Å². The van der Waals surface area contributed by atoms with Crippen LogP contribution in [0.1, 0.15) is 72.1 Å². The van der Waals surface area contributed by atoms with Crippen molar-refractivity contribution in [3.63, 3.8) is 0 Å². The highest BCUT2D eigenvalue weighted by atomic mass is 16.6. The van der Waals surface area contributed by atoms with Crippen LogP contribution in [0.4, 0.5) is 4.79 Å². The highest BCUT2D eigenvalue weighted by Gasteiger charge is 2.48. The van der Waals surface area contributed by atoms with E-state index >= 15 is 0 Å². The highest BCUT2D eigenvalue weighted by Crippen LogP contribution is 2.30. The molecule has 4 saturated heterocycles. The number of methoxy groups -OCH3 is 1. The maximum absolute atomic E-state index is 13.7. The molecule has 0 radical (unpaired) electrons. The van der Waals surface area contributed by atoms with E-state index in [0.29, 0.717) is 77.5 Å². The van der Waals surface area contributed by atoms with E-state index < -0.39 is 41.8 Å². The van der Waals surface area contributed by atoms with Crippen molar-refractivity contribution >= 4 is 29.8 Å². The second-order valence-electron chi connectivity index (χ2n) is 11.4. The van der Waals surface area contributed by atoms with Gasteiger partial charge in [-0.15, -0.1) is 0 Å². The molecule has 4 aliphatic rings. The third kappa shape index (κ3) is 5.55. The first-order valence-electron chi connectivity index (χ1n) is 13.5. The van der Waals surface area contributed by atoms with Crippen LogP contribution in [-0.4, -0.2) is 112 Å². The van der Waals surface area contributed by atoms with Gasteiger partial charge < -0.3 is 24.2 Å². The van der Waals surface area contributed by atoms with Crippen LogP contribution >= 0.6 is 0 Å². The van der Waals surface area contributed by atoms with Crippen LogP contribution in [0.15, 0.2) is 0 Å². The summed E-state index contributed by atoms with van der Waals surface area (Å²) in [6, 6.07) is -2.55. The predicted molar refractivity (Wildman–Crippen MR) is 132 cm³/mol. The first-order chi connectivity index (χ1) is 17.5. The Hall–Kier alpha value is -2.85. The Morgan fingerprint density at radius 2 is 0.946 bits per heavy atom. The van der Waals surface area contributed by atoms with Gasteiger partial charge in [0, 0.05) is 26.2 Å². The van der Waals surface area contributed by atoms with Gasteiger partial charge in [0.25, 0.3) is 0 Å². The van der Waals surface area contributed by atoms with Crippen LogP contribution < -0.4 is 0 Å². The summed E-state index contributed by atoms with van der Waals surface area (Å²) in [4.78, 5) is 72.0. The molecule has 0 unspecified atom stereocenters. The van der Waals surface area contributed by atoms with Gasteiger partial charge in [0.15, 0.2) is 0 Å². The van der Waals surface area contributed by atoms with E-state index in [1.54, 1.807) is 35.5 Å². The number of carbonyl (C=O) groups is 5. The van der Waals surface area contributed by atoms with E-state index in [4.69, 9.17) is 9.47 Å². The van der Waals surface area contributed by atoms with Crippen molar-refractivity contribution in [2.75, 3.05) is 33.3 Å². The van der Waals surface area contributed by atoms with Crippen molar-refractivity contribution in [1.82, 2.24) is 19.6 Å². The standard InChI is InChI=1S/C26H40N4O7/c1-26(2,3)37-25(35)30-16-7-11-19(30)23(33)28-14-5-9-17(28)21(31)27-13-6-10-18(27)22(32)29-15-8-12-20(29)24(34)36-4/h17-20H,5-16H2,1-4H3/t17-,18-,19-,20-/m0/s1. The summed E-state index contributed by atoms with van der Waals surface area (Å²) in [5.41, 5.74) is -0.668. The molecular weight excluding hydrogens is 480 g/mol. The molecule has 0 aromatic rings. The van der Waals surface area contributed by atoms with Crippen molar-refractivity contribution < 1.29 is 33.4 Å². The summed E-state index contributed by atoms with van der Waals surface area (Å²) in [6.45, 7) is 7.16. The molecule has 37 heavy (non-hydrogen) atoms. The third-order valence-corrected chi connectivity index (χ3v) is 7.82. The SMILES string of the molecule is COC(=O)[C@@H]1CCCN1C(=O)[C@@H]1CCCN1C(=O)[C@@H]1CCCN1C(=O)[C@@H]1CCCN1C(=O)OC(C)(C)C. The average Bonchev–Trinajstić information content (AvgIpc) is 3.66. The molecule has 0 saturated carbocycles. The third-order valence-electron chi connectivity index (χ3n) is 7.82. The van der Waals surface area contributed by atoms with Gasteiger partial charge in [-0.25, -0.2) is 9.59 Å². The van der Waals surface area contributed by atoms with Crippen molar-refractivity contribution in [3.05, 3.63) is 0 Å². The zero-order valence-electron chi connectivity index (χ0n) is 22.4. The van der Waals surface area contributed by atoms with Crippen LogP contribution in [0.3, 0.4) is 0 Å². The summed E-state index contributed by atoms with van der Waals surface area (Å²) in [5.74, 6) is -1.11. The summed E-state index contributed by atoms with van der Waals surface area (Å²) < 4.78 is 10.4. The fourth-order valence-electron chi connectivity index (χ4n) is 6.12. The van der Waals surface area contributed by atoms with Crippen molar-refractivity contribution in [2.24, 2.45) is 0 Å². The summed E-state index contributed by atoms with van der Waals surface area (Å²) in [5, 5.41) is 0. The first kappa shape index (κ1) is 27.2. The minimum absolute atomic E-state index is 0.221. The van der Waals surface area contributed by atoms with Gasteiger partial charge in [-0.3, -0.25) is 19.3 Å². The van der Waals surface area contributed by atoms with Crippen LogP contribution in [-0.2, 0) is 28.7 Å². The molecule has 0 aromatic carbocycles. The Morgan fingerprint density at radius 3 is 1.35 bits per heavy atom. The van der Waals surface area contributed by atoms with Gasteiger partial charge in [0.05, 0.1) is 7.11 Å². The average molecular weight is 521 g/mol. The first-order valence-corrected chi connectivity index (χ1v) is 13.5. The number of ether oxygens (including phenoxy) is 2. The molecule has 206 valence electrons. The van der Waals surface area contributed by atoms with Gasteiger partial charge in [-0.1, -0.05) is 0 Å². The lowest BCUT2D eigenvalue weighted by Gasteiger charge is -2.35. The summed E-state index contributed by atoms with van der Waals surface area (Å²) in [6.07, 6.45) is 4.42. The van der Waals surface area contributed by atoms with Crippen molar-refractivity contribution in [3.8, 4) is 0 Å². The number of carbonyl (C=O) groups excluding carboxylic acids is 5. The van der Waals surface area contributed by atoms with Crippen molar-refractivity contribution in [1.29, 1.82) is 0 Å². The Labute approximate surface area is 218 Å². The molecule has 11 heteroatoms. The fourth-order valence-corrected chi connectivity index (χ4v) is 6.12. The Bertz CT molecular complexity index is 932. The molecule has 4 heterocycles. The Kier molecular flexibility index (Phi) is 7.99. The molecule has 0 aromatic heterocycles. The second-order valence-corrected chi connectivity index (χ2v) is 11.4. The van der Waals surface area contributed by atoms with Crippen LogP contribution in [0.25, 0.3) is 0 Å². The van der Waals surface area contributed by atoms with Gasteiger partial charge in [0.2, 0.25) is 17.7 Å². The summed E-state index contributed by atoms with van der Waals surface area (Å²) >= 11 is 0. The second kappa shape index (κ2) is 10.9. The molecule has 0 spiro atoms. The zero-order chi connectivity index (χ0) is 26.9. The number of hydrogen-bond acceptors (Lipinski definition) is 7. The smallest absolute Gasteiger partial charge is 0.410 e. The number of nitrogens with zero attached hydrogens (tertiary/aromatic N) is 4. The molecule has 4 amide bonds. The molecule has 4 fully saturated rings. The molecule has 4 rings (SSSR count). The number of likely N-dealkylation sites (tertiary alicyclic amines) is 4. The van der Waals surface area contributed by atoms with E-state index in [2.05, 4.69) is 0 Å². The van der Waals surface area contributed by atoms with Crippen LogP contribution in [0.5, 0.6) is 0 Å².